The summed E-state index contributed by atoms with van der Waals surface area (Å²) < 4.78 is 27.0. The van der Waals surface area contributed by atoms with Crippen LogP contribution >= 0.6 is 0 Å². The number of rotatable bonds is 4. The zero-order chi connectivity index (χ0) is 14.8. The van der Waals surface area contributed by atoms with E-state index in [0.29, 0.717) is 5.82 Å². The van der Waals surface area contributed by atoms with Crippen LogP contribution < -0.4 is 10.6 Å². The first-order chi connectivity index (χ1) is 10.1. The van der Waals surface area contributed by atoms with E-state index >= 15 is 0 Å². The van der Waals surface area contributed by atoms with Crippen LogP contribution in [-0.2, 0) is 4.79 Å². The van der Waals surface area contributed by atoms with Crippen molar-refractivity contribution in [1.82, 2.24) is 10.2 Å². The standard InChI is InChI=1S/C14H12F2N4O/c15-9-2-1-3-10(16)13(9)17-11-6-7-12(20-19-11)18-14(21)8-4-5-8/h1-3,6-8H,4-5H2,(H,17,19)(H,18,20,21). The van der Waals surface area contributed by atoms with E-state index in [0.717, 1.165) is 25.0 Å². The van der Waals surface area contributed by atoms with Crippen molar-refractivity contribution in [3.63, 3.8) is 0 Å². The van der Waals surface area contributed by atoms with Crippen LogP contribution in [0, 0.1) is 17.6 Å². The second-order valence-electron chi connectivity index (χ2n) is 4.79. The van der Waals surface area contributed by atoms with Gasteiger partial charge in [0, 0.05) is 5.92 Å². The lowest BCUT2D eigenvalue weighted by Crippen LogP contribution is -2.14. The number of benzene rings is 1. The van der Waals surface area contributed by atoms with Gasteiger partial charge in [-0.3, -0.25) is 4.79 Å². The number of anilines is 3. The average Bonchev–Trinajstić information content (AvgIpc) is 3.29. The van der Waals surface area contributed by atoms with Crippen LogP contribution in [0.25, 0.3) is 0 Å². The van der Waals surface area contributed by atoms with E-state index in [1.54, 1.807) is 0 Å². The molecule has 1 aromatic heterocycles. The van der Waals surface area contributed by atoms with Crippen molar-refractivity contribution in [2.75, 3.05) is 10.6 Å². The third-order valence-corrected chi connectivity index (χ3v) is 3.08. The van der Waals surface area contributed by atoms with Crippen molar-refractivity contribution in [2.45, 2.75) is 12.8 Å². The Morgan fingerprint density at radius 2 is 1.67 bits per heavy atom. The Kier molecular flexibility index (Phi) is 3.47. The summed E-state index contributed by atoms with van der Waals surface area (Å²) in [6.45, 7) is 0. The first-order valence-corrected chi connectivity index (χ1v) is 6.49. The van der Waals surface area contributed by atoms with E-state index in [1.165, 1.54) is 18.2 Å². The summed E-state index contributed by atoms with van der Waals surface area (Å²) in [5.74, 6) is -0.956. The maximum atomic E-state index is 13.5. The summed E-state index contributed by atoms with van der Waals surface area (Å²) in [5.41, 5.74) is -0.290. The quantitative estimate of drug-likeness (QED) is 0.908. The fourth-order valence-corrected chi connectivity index (χ4v) is 1.78. The van der Waals surface area contributed by atoms with Gasteiger partial charge in [0.05, 0.1) is 0 Å². The Morgan fingerprint density at radius 1 is 1.05 bits per heavy atom. The van der Waals surface area contributed by atoms with E-state index in [4.69, 9.17) is 0 Å². The van der Waals surface area contributed by atoms with Crippen molar-refractivity contribution in [3.8, 4) is 0 Å². The number of hydrogen-bond acceptors (Lipinski definition) is 4. The molecule has 0 aliphatic heterocycles. The highest BCUT2D eigenvalue weighted by atomic mass is 19.1. The van der Waals surface area contributed by atoms with E-state index in [2.05, 4.69) is 20.8 Å². The first kappa shape index (κ1) is 13.4. The van der Waals surface area contributed by atoms with Crippen LogP contribution in [0.1, 0.15) is 12.8 Å². The van der Waals surface area contributed by atoms with Gasteiger partial charge in [-0.05, 0) is 37.1 Å². The molecule has 1 aliphatic carbocycles. The molecule has 2 N–H and O–H groups in total. The van der Waals surface area contributed by atoms with Gasteiger partial charge in [-0.1, -0.05) is 6.07 Å². The smallest absolute Gasteiger partial charge is 0.228 e. The molecule has 0 bridgehead atoms. The Morgan fingerprint density at radius 3 is 2.24 bits per heavy atom. The molecule has 1 saturated carbocycles. The molecular weight excluding hydrogens is 278 g/mol. The van der Waals surface area contributed by atoms with Crippen molar-refractivity contribution in [3.05, 3.63) is 42.0 Å². The SMILES string of the molecule is O=C(Nc1ccc(Nc2c(F)cccc2F)nn1)C1CC1. The topological polar surface area (TPSA) is 66.9 Å². The monoisotopic (exact) mass is 290 g/mol. The molecule has 1 amide bonds. The van der Waals surface area contributed by atoms with Gasteiger partial charge in [-0.15, -0.1) is 10.2 Å². The summed E-state index contributed by atoms with van der Waals surface area (Å²) in [6.07, 6.45) is 1.79. The molecular formula is C14H12F2N4O. The zero-order valence-electron chi connectivity index (χ0n) is 10.9. The largest absolute Gasteiger partial charge is 0.334 e. The summed E-state index contributed by atoms with van der Waals surface area (Å²) in [4.78, 5) is 11.5. The van der Waals surface area contributed by atoms with Gasteiger partial charge in [0.2, 0.25) is 5.91 Å². The van der Waals surface area contributed by atoms with Crippen LogP contribution in [0.15, 0.2) is 30.3 Å². The minimum atomic E-state index is -0.720. The number of nitrogens with one attached hydrogen (secondary N) is 2. The number of aromatic nitrogens is 2. The number of hydrogen-bond donors (Lipinski definition) is 2. The summed E-state index contributed by atoms with van der Waals surface area (Å²) in [6, 6.07) is 6.57. The second kappa shape index (κ2) is 5.43. The molecule has 0 atom stereocenters. The fraction of sp³-hybridized carbons (Fsp3) is 0.214. The number of amides is 1. The molecule has 7 heteroatoms. The van der Waals surface area contributed by atoms with E-state index in [1.807, 2.05) is 0 Å². The third kappa shape index (κ3) is 3.13. The van der Waals surface area contributed by atoms with Crippen LogP contribution in [0.5, 0.6) is 0 Å². The van der Waals surface area contributed by atoms with Crippen molar-refractivity contribution < 1.29 is 13.6 Å². The van der Waals surface area contributed by atoms with Gasteiger partial charge in [-0.25, -0.2) is 8.78 Å². The molecule has 21 heavy (non-hydrogen) atoms. The average molecular weight is 290 g/mol. The van der Waals surface area contributed by atoms with E-state index in [-0.39, 0.29) is 23.3 Å². The minimum Gasteiger partial charge on any atom is -0.334 e. The molecule has 0 saturated heterocycles. The van der Waals surface area contributed by atoms with Gasteiger partial charge < -0.3 is 10.6 Å². The molecule has 108 valence electrons. The lowest BCUT2D eigenvalue weighted by Gasteiger charge is -2.08. The number of para-hydroxylation sites is 1. The maximum Gasteiger partial charge on any atom is 0.228 e. The molecule has 1 aliphatic rings. The van der Waals surface area contributed by atoms with E-state index in [9.17, 15) is 13.6 Å². The second-order valence-corrected chi connectivity index (χ2v) is 4.79. The number of carbonyl (C=O) groups excluding carboxylic acids is 1. The molecule has 5 nitrogen and oxygen atoms in total. The van der Waals surface area contributed by atoms with Crippen LogP contribution in [0.3, 0.4) is 0 Å². The summed E-state index contributed by atoms with van der Waals surface area (Å²) >= 11 is 0. The molecule has 1 aromatic carbocycles. The zero-order valence-corrected chi connectivity index (χ0v) is 10.9. The molecule has 2 aromatic rings. The maximum absolute atomic E-state index is 13.5. The lowest BCUT2D eigenvalue weighted by molar-refractivity contribution is -0.117. The first-order valence-electron chi connectivity index (χ1n) is 6.49. The molecule has 0 spiro atoms. The number of halogens is 2. The summed E-state index contributed by atoms with van der Waals surface area (Å²) in [5, 5.41) is 12.7. The normalized spacial score (nSPS) is 13.8. The van der Waals surface area contributed by atoms with Crippen LogP contribution in [0.2, 0.25) is 0 Å². The van der Waals surface area contributed by atoms with Crippen molar-refractivity contribution in [1.29, 1.82) is 0 Å². The van der Waals surface area contributed by atoms with Gasteiger partial charge in [0.25, 0.3) is 0 Å². The third-order valence-electron chi connectivity index (χ3n) is 3.08. The van der Waals surface area contributed by atoms with Gasteiger partial charge >= 0.3 is 0 Å². The molecule has 0 unspecified atom stereocenters. The molecule has 0 radical (unpaired) electrons. The molecule has 1 fully saturated rings. The number of nitrogens with zero attached hydrogens (tertiary/aromatic N) is 2. The minimum absolute atomic E-state index is 0.0668. The van der Waals surface area contributed by atoms with Gasteiger partial charge in [0.15, 0.2) is 11.6 Å². The Hall–Kier alpha value is -2.57. The van der Waals surface area contributed by atoms with Crippen LogP contribution in [-0.4, -0.2) is 16.1 Å². The highest BCUT2D eigenvalue weighted by Gasteiger charge is 2.29. The predicted octanol–water partition coefficient (Wildman–Crippen LogP) is 2.85. The molecule has 3 rings (SSSR count). The Bertz CT molecular complexity index is 651. The van der Waals surface area contributed by atoms with Crippen LogP contribution in [0.4, 0.5) is 26.1 Å². The lowest BCUT2D eigenvalue weighted by atomic mass is 10.3. The number of carbonyl (C=O) groups is 1. The van der Waals surface area contributed by atoms with Crippen molar-refractivity contribution in [2.24, 2.45) is 5.92 Å². The highest BCUT2D eigenvalue weighted by molar-refractivity contribution is 5.93. The van der Waals surface area contributed by atoms with Gasteiger partial charge in [-0.2, -0.15) is 0 Å². The van der Waals surface area contributed by atoms with Crippen molar-refractivity contribution >= 4 is 23.2 Å². The fourth-order valence-electron chi connectivity index (χ4n) is 1.78. The van der Waals surface area contributed by atoms with E-state index < -0.39 is 11.6 Å². The highest BCUT2D eigenvalue weighted by Crippen LogP contribution is 2.30. The van der Waals surface area contributed by atoms with Gasteiger partial charge in [0.1, 0.15) is 17.3 Å². The Labute approximate surface area is 119 Å². The summed E-state index contributed by atoms with van der Waals surface area (Å²) in [7, 11) is 0. The molecule has 1 heterocycles. The predicted molar refractivity (Wildman–Crippen MR) is 73.0 cm³/mol. The Balaban J connectivity index is 1.70.